The number of urea groups is 1. The summed E-state index contributed by atoms with van der Waals surface area (Å²) in [5, 5.41) is 11.4. The number of amides is 2. The summed E-state index contributed by atoms with van der Waals surface area (Å²) in [6.07, 6.45) is 0.567. The minimum absolute atomic E-state index is 0.358. The predicted octanol–water partition coefficient (Wildman–Crippen LogP) is 6.11. The van der Waals surface area contributed by atoms with Gasteiger partial charge in [0.05, 0.1) is 11.4 Å². The van der Waals surface area contributed by atoms with Crippen molar-refractivity contribution in [2.45, 2.75) is 6.42 Å². The first-order chi connectivity index (χ1) is 12.6. The van der Waals surface area contributed by atoms with Gasteiger partial charge >= 0.3 is 6.03 Å². The van der Waals surface area contributed by atoms with Crippen molar-refractivity contribution >= 4 is 52.0 Å². The highest BCUT2D eigenvalue weighted by Crippen LogP contribution is 2.36. The molecule has 6 heteroatoms. The zero-order valence-electron chi connectivity index (χ0n) is 13.6. The molecule has 0 atom stereocenters. The molecule has 0 saturated carbocycles. The van der Waals surface area contributed by atoms with Crippen LogP contribution in [0.15, 0.2) is 60.7 Å². The Morgan fingerprint density at radius 2 is 1.77 bits per heavy atom. The smallest absolute Gasteiger partial charge is 0.346 e. The average molecular weight is 383 g/mol. The Kier molecular flexibility index (Phi) is 4.45. The highest BCUT2D eigenvalue weighted by Gasteiger charge is 2.21. The van der Waals surface area contributed by atoms with E-state index in [9.17, 15) is 4.79 Å². The van der Waals surface area contributed by atoms with E-state index in [4.69, 9.17) is 23.2 Å². The van der Waals surface area contributed by atoms with Gasteiger partial charge in [0.15, 0.2) is 0 Å². The lowest BCUT2D eigenvalue weighted by atomic mass is 10.0. The zero-order valence-corrected chi connectivity index (χ0v) is 15.1. The molecule has 2 N–H and O–H groups in total. The Labute approximate surface area is 161 Å². The van der Waals surface area contributed by atoms with Gasteiger partial charge in [0, 0.05) is 27.8 Å². The highest BCUT2D eigenvalue weighted by molar-refractivity contribution is 6.33. The first-order valence-electron chi connectivity index (χ1n) is 8.04. The quantitative estimate of drug-likeness (QED) is 0.571. The molecule has 0 unspecified atom stereocenters. The fraction of sp³-hybridized carbons (Fsp3) is 0.0500. The standard InChI is InChI=1S/C20H14Cl2N3O/c21-14-6-7-16(22)12(9-14)8-13-10-18-19(25-20(26)24-18)11-17(13)23-15-4-2-1-3-5-15/h1-7,9-11,23H,8H2,(H,24,26). The van der Waals surface area contributed by atoms with Crippen molar-refractivity contribution in [1.82, 2.24) is 5.32 Å². The Morgan fingerprint density at radius 1 is 0.962 bits per heavy atom. The SMILES string of the molecule is O=C1[N]c2cc(Nc3ccccc3)c(Cc3cc(Cl)ccc3Cl)cc2N1. The molecule has 4 nitrogen and oxygen atoms in total. The molecule has 0 bridgehead atoms. The van der Waals surface area contributed by atoms with Crippen molar-refractivity contribution in [1.29, 1.82) is 0 Å². The summed E-state index contributed by atoms with van der Waals surface area (Å²) in [6, 6.07) is 18.7. The van der Waals surface area contributed by atoms with E-state index in [1.165, 1.54) is 0 Å². The number of anilines is 3. The number of nitrogens with one attached hydrogen (secondary N) is 2. The molecule has 0 saturated heterocycles. The number of carbonyl (C=O) groups is 1. The van der Waals surface area contributed by atoms with Gasteiger partial charge in [-0.1, -0.05) is 41.4 Å². The maximum atomic E-state index is 11.6. The molecule has 3 aromatic rings. The highest BCUT2D eigenvalue weighted by atomic mass is 35.5. The molecule has 129 valence electrons. The van der Waals surface area contributed by atoms with Crippen LogP contribution >= 0.6 is 23.2 Å². The van der Waals surface area contributed by atoms with Gasteiger partial charge in [0.1, 0.15) is 0 Å². The molecule has 1 radical (unpaired) electrons. The van der Waals surface area contributed by atoms with Gasteiger partial charge in [-0.25, -0.2) is 4.79 Å². The van der Waals surface area contributed by atoms with E-state index < -0.39 is 0 Å². The number of fused-ring (bicyclic) bond motifs is 1. The maximum Gasteiger partial charge on any atom is 0.346 e. The van der Waals surface area contributed by atoms with Crippen molar-refractivity contribution in [2.75, 3.05) is 10.6 Å². The molecule has 1 heterocycles. The normalized spacial score (nSPS) is 12.3. The van der Waals surface area contributed by atoms with Crippen LogP contribution in [0.5, 0.6) is 0 Å². The monoisotopic (exact) mass is 382 g/mol. The second kappa shape index (κ2) is 6.90. The molecular formula is C20H14Cl2N3O. The third-order valence-corrected chi connectivity index (χ3v) is 4.73. The summed E-state index contributed by atoms with van der Waals surface area (Å²) >= 11 is 12.5. The van der Waals surface area contributed by atoms with Gasteiger partial charge in [-0.05, 0) is 53.6 Å². The van der Waals surface area contributed by atoms with E-state index in [0.29, 0.717) is 27.8 Å². The van der Waals surface area contributed by atoms with E-state index in [2.05, 4.69) is 16.0 Å². The maximum absolute atomic E-state index is 11.6. The van der Waals surface area contributed by atoms with Crippen LogP contribution < -0.4 is 16.0 Å². The Hall–Kier alpha value is -2.69. The van der Waals surface area contributed by atoms with Gasteiger partial charge in [-0.3, -0.25) is 0 Å². The van der Waals surface area contributed by atoms with Crippen LogP contribution in [-0.2, 0) is 6.42 Å². The first-order valence-corrected chi connectivity index (χ1v) is 8.80. The predicted molar refractivity (Wildman–Crippen MR) is 106 cm³/mol. The van der Waals surface area contributed by atoms with Crippen molar-refractivity contribution in [3.05, 3.63) is 81.8 Å². The van der Waals surface area contributed by atoms with Crippen molar-refractivity contribution in [3.63, 3.8) is 0 Å². The third-order valence-electron chi connectivity index (χ3n) is 4.13. The molecular weight excluding hydrogens is 369 g/mol. The lowest BCUT2D eigenvalue weighted by Gasteiger charge is -2.15. The van der Waals surface area contributed by atoms with Gasteiger partial charge < -0.3 is 10.6 Å². The van der Waals surface area contributed by atoms with Crippen molar-refractivity contribution in [2.24, 2.45) is 0 Å². The molecule has 1 aliphatic rings. The molecule has 0 spiro atoms. The summed E-state index contributed by atoms with van der Waals surface area (Å²) < 4.78 is 0. The second-order valence-electron chi connectivity index (χ2n) is 5.97. The number of rotatable bonds is 4. The van der Waals surface area contributed by atoms with Gasteiger partial charge in [-0.2, -0.15) is 5.32 Å². The summed E-state index contributed by atoms with van der Waals surface area (Å²) in [5.74, 6) is 0. The Balaban J connectivity index is 1.75. The molecule has 1 aliphatic heterocycles. The van der Waals surface area contributed by atoms with Gasteiger partial charge in [-0.15, -0.1) is 0 Å². The number of hydrogen-bond donors (Lipinski definition) is 2. The molecule has 0 aliphatic carbocycles. The number of halogens is 2. The molecule has 4 rings (SSSR count). The molecule has 3 aromatic carbocycles. The summed E-state index contributed by atoms with van der Waals surface area (Å²) in [6.45, 7) is 0. The number of benzene rings is 3. The van der Waals surface area contributed by atoms with E-state index in [0.717, 1.165) is 22.5 Å². The van der Waals surface area contributed by atoms with E-state index in [-0.39, 0.29) is 6.03 Å². The first kappa shape index (κ1) is 16.8. The van der Waals surface area contributed by atoms with Crippen LogP contribution in [0.25, 0.3) is 0 Å². The summed E-state index contributed by atoms with van der Waals surface area (Å²) in [5.41, 5.74) is 5.02. The van der Waals surface area contributed by atoms with Crippen LogP contribution in [0, 0.1) is 0 Å². The van der Waals surface area contributed by atoms with Gasteiger partial charge in [0.2, 0.25) is 0 Å². The largest absolute Gasteiger partial charge is 0.355 e. The lowest BCUT2D eigenvalue weighted by molar-refractivity contribution is 0.256. The average Bonchev–Trinajstić information content (AvgIpc) is 2.98. The minimum atomic E-state index is -0.358. The number of carbonyl (C=O) groups excluding carboxylic acids is 1. The molecule has 0 aromatic heterocycles. The molecule has 2 amide bonds. The summed E-state index contributed by atoms with van der Waals surface area (Å²) in [7, 11) is 0. The van der Waals surface area contributed by atoms with Gasteiger partial charge in [0.25, 0.3) is 0 Å². The van der Waals surface area contributed by atoms with Crippen LogP contribution in [0.4, 0.5) is 27.5 Å². The minimum Gasteiger partial charge on any atom is -0.355 e. The fourth-order valence-corrected chi connectivity index (χ4v) is 3.28. The van der Waals surface area contributed by atoms with E-state index in [1.807, 2.05) is 48.5 Å². The van der Waals surface area contributed by atoms with E-state index in [1.54, 1.807) is 12.1 Å². The summed E-state index contributed by atoms with van der Waals surface area (Å²) in [4.78, 5) is 11.6. The Morgan fingerprint density at radius 3 is 2.58 bits per heavy atom. The van der Waals surface area contributed by atoms with Crippen molar-refractivity contribution < 1.29 is 4.79 Å². The second-order valence-corrected chi connectivity index (χ2v) is 6.82. The van der Waals surface area contributed by atoms with Crippen LogP contribution in [0.1, 0.15) is 11.1 Å². The van der Waals surface area contributed by atoms with Crippen molar-refractivity contribution in [3.8, 4) is 0 Å². The lowest BCUT2D eigenvalue weighted by Crippen LogP contribution is -2.08. The number of para-hydroxylation sites is 1. The zero-order chi connectivity index (χ0) is 18.1. The third kappa shape index (κ3) is 3.47. The van der Waals surface area contributed by atoms with E-state index >= 15 is 0 Å². The number of nitrogens with zero attached hydrogens (tertiary/aromatic N) is 1. The Bertz CT molecular complexity index is 990. The van der Waals surface area contributed by atoms with Crippen LogP contribution in [0.2, 0.25) is 10.0 Å². The van der Waals surface area contributed by atoms with Crippen LogP contribution in [0.3, 0.4) is 0 Å². The number of hydrogen-bond acceptors (Lipinski definition) is 2. The van der Waals surface area contributed by atoms with Crippen LogP contribution in [-0.4, -0.2) is 6.03 Å². The fourth-order valence-electron chi connectivity index (χ4n) is 2.90. The molecule has 0 fully saturated rings. The molecule has 26 heavy (non-hydrogen) atoms. The topological polar surface area (TPSA) is 55.2 Å².